The fraction of sp³-hybridized carbons (Fsp3) is 0.381. The minimum atomic E-state index is -3.32. The van der Waals surface area contributed by atoms with Crippen LogP contribution in [0.2, 0.25) is 5.02 Å². The number of halogens is 3. The zero-order valence-electron chi connectivity index (χ0n) is 15.9. The highest BCUT2D eigenvalue weighted by Gasteiger charge is 2.26. The van der Waals surface area contributed by atoms with Crippen LogP contribution in [0.15, 0.2) is 53.4 Å². The summed E-state index contributed by atoms with van der Waals surface area (Å²) in [6.45, 7) is 3.86. The third-order valence-electron chi connectivity index (χ3n) is 4.26. The smallest absolute Gasteiger partial charge is 0.181 e. The van der Waals surface area contributed by atoms with E-state index in [-0.39, 0.29) is 5.92 Å². The largest absolute Gasteiger partial charge is 0.223 e. The Bertz CT molecular complexity index is 842. The Morgan fingerprint density at radius 3 is 1.93 bits per heavy atom. The van der Waals surface area contributed by atoms with Crippen LogP contribution in [-0.4, -0.2) is 13.7 Å². The lowest BCUT2D eigenvalue weighted by Gasteiger charge is -2.17. The van der Waals surface area contributed by atoms with Crippen LogP contribution < -0.4 is 0 Å². The van der Waals surface area contributed by atoms with Gasteiger partial charge in [-0.2, -0.15) is 5.26 Å². The molecule has 0 saturated heterocycles. The minimum absolute atomic E-state index is 0.231. The maximum absolute atomic E-state index is 12.5. The van der Waals surface area contributed by atoms with Crippen LogP contribution in [0, 0.1) is 28.9 Å². The predicted molar refractivity (Wildman–Crippen MR) is 108 cm³/mol. The van der Waals surface area contributed by atoms with E-state index in [1.807, 2.05) is 13.8 Å². The molecule has 0 bridgehead atoms. The van der Waals surface area contributed by atoms with Gasteiger partial charge in [0.05, 0.1) is 16.2 Å². The molecule has 2 aromatic carbocycles. The zero-order chi connectivity index (χ0) is 21.2. The first-order chi connectivity index (χ1) is 13.2. The summed E-state index contributed by atoms with van der Waals surface area (Å²) in [4.78, 5) is 0.321. The highest BCUT2D eigenvalue weighted by atomic mass is 35.5. The van der Waals surface area contributed by atoms with Gasteiger partial charge >= 0.3 is 0 Å². The van der Waals surface area contributed by atoms with Crippen LogP contribution in [0.1, 0.15) is 39.5 Å². The van der Waals surface area contributed by atoms with Crippen LogP contribution in [0.5, 0.6) is 0 Å². The number of sulfone groups is 1. The highest BCUT2D eigenvalue weighted by molar-refractivity contribution is 7.92. The molecule has 0 spiro atoms. The lowest BCUT2D eigenvalue weighted by molar-refractivity contribution is 0.493. The van der Waals surface area contributed by atoms with Crippen molar-refractivity contribution in [3.63, 3.8) is 0 Å². The molecule has 0 amide bonds. The first-order valence-electron chi connectivity index (χ1n) is 8.98. The maximum atomic E-state index is 12.5. The average molecular weight is 428 g/mol. The van der Waals surface area contributed by atoms with Gasteiger partial charge in [-0.3, -0.25) is 0 Å². The maximum Gasteiger partial charge on any atom is 0.181 e. The predicted octanol–water partition coefficient (Wildman–Crippen LogP) is 6.19. The van der Waals surface area contributed by atoms with Gasteiger partial charge in [-0.15, -0.1) is 0 Å². The fourth-order valence-electron chi connectivity index (χ4n) is 2.55. The van der Waals surface area contributed by atoms with Crippen molar-refractivity contribution in [3.8, 4) is 6.07 Å². The Hall–Kier alpha value is -1.97. The van der Waals surface area contributed by atoms with E-state index in [4.69, 9.17) is 16.9 Å². The summed E-state index contributed by atoms with van der Waals surface area (Å²) >= 11 is 5.79. The van der Waals surface area contributed by atoms with Gasteiger partial charge in [0.25, 0.3) is 0 Å². The molecule has 3 nitrogen and oxygen atoms in total. The molecule has 28 heavy (non-hydrogen) atoms. The number of benzene rings is 2. The molecule has 0 aliphatic carbocycles. The Morgan fingerprint density at radius 2 is 1.50 bits per heavy atom. The van der Waals surface area contributed by atoms with E-state index in [1.165, 1.54) is 0 Å². The molecular weight excluding hydrogens is 404 g/mol. The number of hydrogen-bond donors (Lipinski definition) is 0. The van der Waals surface area contributed by atoms with Crippen LogP contribution in [0.3, 0.4) is 0 Å². The molecule has 1 unspecified atom stereocenters. The summed E-state index contributed by atoms with van der Waals surface area (Å²) in [7, 11) is -3.32. The number of nitrogens with zero attached hydrogens (tertiary/aromatic N) is 1. The second-order valence-corrected chi connectivity index (χ2v) is 9.17. The summed E-state index contributed by atoms with van der Waals surface area (Å²) < 4.78 is 48.9. The molecule has 0 aliphatic rings. The molecule has 2 rings (SSSR count). The second-order valence-electron chi connectivity index (χ2n) is 6.51. The van der Waals surface area contributed by atoms with Gasteiger partial charge < -0.3 is 0 Å². The van der Waals surface area contributed by atoms with Crippen molar-refractivity contribution >= 4 is 21.4 Å². The summed E-state index contributed by atoms with van der Waals surface area (Å²) in [6, 6.07) is 12.7. The van der Waals surface area contributed by atoms with Crippen molar-refractivity contribution in [2.75, 3.05) is 0 Å². The normalized spacial score (nSPS) is 13.0. The highest BCUT2D eigenvalue weighted by Crippen LogP contribution is 2.25. The number of nitriles is 1. The Kier molecular flexibility index (Phi) is 10.1. The lowest BCUT2D eigenvalue weighted by atomic mass is 10.0. The molecule has 0 heterocycles. The van der Waals surface area contributed by atoms with E-state index in [2.05, 4.69) is 6.07 Å². The van der Waals surface area contributed by atoms with Gasteiger partial charge in [0.2, 0.25) is 0 Å². The van der Waals surface area contributed by atoms with Gasteiger partial charge in [0, 0.05) is 11.4 Å². The SMILES string of the molecule is CC[C@H](CCC(C)CC#N)S(=O)(=O)c1ccc(Cl)cc1.Fc1ccc(F)cc1. The van der Waals surface area contributed by atoms with Crippen molar-refractivity contribution in [1.29, 1.82) is 5.26 Å². The molecule has 2 aromatic rings. The minimum Gasteiger partial charge on any atom is -0.223 e. The summed E-state index contributed by atoms with van der Waals surface area (Å²) in [6.07, 6.45) is 2.38. The van der Waals surface area contributed by atoms with E-state index in [9.17, 15) is 17.2 Å². The zero-order valence-corrected chi connectivity index (χ0v) is 17.5. The molecular formula is C21H24ClF2NO2S. The van der Waals surface area contributed by atoms with Crippen molar-refractivity contribution in [1.82, 2.24) is 0 Å². The van der Waals surface area contributed by atoms with Crippen molar-refractivity contribution in [2.45, 2.75) is 49.7 Å². The molecule has 0 saturated carbocycles. The molecule has 2 atom stereocenters. The lowest BCUT2D eigenvalue weighted by Crippen LogP contribution is -2.21. The van der Waals surface area contributed by atoms with Gasteiger partial charge in [-0.25, -0.2) is 17.2 Å². The van der Waals surface area contributed by atoms with Gasteiger partial charge in [0.15, 0.2) is 9.84 Å². The van der Waals surface area contributed by atoms with Crippen LogP contribution >= 0.6 is 11.6 Å². The van der Waals surface area contributed by atoms with Crippen molar-refractivity contribution in [2.24, 2.45) is 5.92 Å². The third-order valence-corrected chi connectivity index (χ3v) is 6.89. The quantitative estimate of drug-likeness (QED) is 0.529. The average Bonchev–Trinajstić information content (AvgIpc) is 2.65. The second kappa shape index (κ2) is 11.8. The standard InChI is InChI=1S/C15H20ClNO2S.C6H4F2/c1-3-14(7-4-12(2)10-11-17)20(18,19)15-8-5-13(16)6-9-15;7-5-1-2-6(8)4-3-5/h5-6,8-9,12,14H,3-4,7,10H2,1-2H3;1-4H/t12?,14-;/m1./s1. The molecule has 0 radical (unpaired) electrons. The monoisotopic (exact) mass is 427 g/mol. The van der Waals surface area contributed by atoms with Crippen LogP contribution in [0.25, 0.3) is 0 Å². The van der Waals surface area contributed by atoms with E-state index in [0.717, 1.165) is 30.7 Å². The number of hydrogen-bond acceptors (Lipinski definition) is 3. The van der Waals surface area contributed by atoms with Crippen molar-refractivity contribution < 1.29 is 17.2 Å². The molecule has 152 valence electrons. The van der Waals surface area contributed by atoms with Gasteiger partial charge in [-0.1, -0.05) is 25.4 Å². The van der Waals surface area contributed by atoms with E-state index >= 15 is 0 Å². The van der Waals surface area contributed by atoms with E-state index in [0.29, 0.717) is 29.2 Å². The molecule has 0 aromatic heterocycles. The topological polar surface area (TPSA) is 57.9 Å². The van der Waals surface area contributed by atoms with Gasteiger partial charge in [0.1, 0.15) is 11.6 Å². The van der Waals surface area contributed by atoms with Crippen LogP contribution in [-0.2, 0) is 9.84 Å². The summed E-state index contributed by atoms with van der Waals surface area (Å²) in [5.74, 6) is -0.590. The number of rotatable bonds is 7. The summed E-state index contributed by atoms with van der Waals surface area (Å²) in [5.41, 5.74) is 0. The third kappa shape index (κ3) is 7.95. The molecule has 7 heteroatoms. The molecule has 0 N–H and O–H groups in total. The Morgan fingerprint density at radius 1 is 1.00 bits per heavy atom. The van der Waals surface area contributed by atoms with Crippen molar-refractivity contribution in [3.05, 3.63) is 65.2 Å². The van der Waals surface area contributed by atoms with E-state index in [1.54, 1.807) is 24.3 Å². The fourth-order valence-corrected chi connectivity index (χ4v) is 4.46. The first kappa shape index (κ1) is 24.1. The Labute approximate surface area is 170 Å². The molecule has 0 fully saturated rings. The summed E-state index contributed by atoms with van der Waals surface area (Å²) in [5, 5.41) is 8.77. The van der Waals surface area contributed by atoms with Gasteiger partial charge in [-0.05, 0) is 73.7 Å². The Balaban J connectivity index is 0.000000406. The molecule has 0 aliphatic heterocycles. The van der Waals surface area contributed by atoms with E-state index < -0.39 is 26.7 Å². The first-order valence-corrected chi connectivity index (χ1v) is 10.9. The van der Waals surface area contributed by atoms with Crippen LogP contribution in [0.4, 0.5) is 8.78 Å².